The molecule has 2 unspecified atom stereocenters. The van der Waals surface area contributed by atoms with Gasteiger partial charge in [0.2, 0.25) is 0 Å². The van der Waals surface area contributed by atoms with Crippen LogP contribution in [0.25, 0.3) is 0 Å². The quantitative estimate of drug-likeness (QED) is 0.0195. The molecule has 0 saturated heterocycles. The van der Waals surface area contributed by atoms with Crippen molar-refractivity contribution >= 4 is 19.8 Å². The topological polar surface area (TPSA) is 111 Å². The van der Waals surface area contributed by atoms with E-state index in [4.69, 9.17) is 18.5 Å². The summed E-state index contributed by atoms with van der Waals surface area (Å²) >= 11 is 0. The predicted octanol–water partition coefficient (Wildman–Crippen LogP) is 24.0. The van der Waals surface area contributed by atoms with Crippen LogP contribution in [0.15, 0.2) is 12.2 Å². The highest BCUT2D eigenvalue weighted by atomic mass is 31.2. The highest BCUT2D eigenvalue weighted by Gasteiger charge is 2.22. The van der Waals surface area contributed by atoms with E-state index in [0.717, 1.165) is 32.1 Å². The van der Waals surface area contributed by atoms with Gasteiger partial charge in [-0.15, -0.1) is 0 Å². The van der Waals surface area contributed by atoms with Gasteiger partial charge in [-0.2, -0.15) is 0 Å². The summed E-state index contributed by atoms with van der Waals surface area (Å²) in [5.41, 5.74) is 0. The van der Waals surface area contributed by atoms with E-state index in [-0.39, 0.29) is 32.0 Å². The summed E-state index contributed by atoms with van der Waals surface area (Å²) in [6.07, 6.45) is 83.2. The minimum absolute atomic E-state index is 0.0256. The SMILES string of the molecule is CCCCCCCCCC/C=C\CCCCCCCCCCCCCCCCCCCCCCCC(=O)OC(COC(=O)CCCCCCCCCCCCCCCCCCCCCCCCCCCCCC)COP(=O)([O-])OCC[N+](C)(C)C. The highest BCUT2D eigenvalue weighted by molar-refractivity contribution is 7.45. The predicted molar refractivity (Wildman–Crippen MR) is 365 cm³/mol. The lowest BCUT2D eigenvalue weighted by molar-refractivity contribution is -0.870. The van der Waals surface area contributed by atoms with Crippen molar-refractivity contribution in [3.8, 4) is 0 Å². The summed E-state index contributed by atoms with van der Waals surface area (Å²) in [7, 11) is 1.20. The van der Waals surface area contributed by atoms with Gasteiger partial charge in [-0.1, -0.05) is 366 Å². The van der Waals surface area contributed by atoms with E-state index in [9.17, 15) is 19.0 Å². The molecule has 0 N–H and O–H groups in total. The largest absolute Gasteiger partial charge is 0.756 e. The lowest BCUT2D eigenvalue weighted by Crippen LogP contribution is -2.37. The number of hydrogen-bond donors (Lipinski definition) is 0. The zero-order valence-electron chi connectivity index (χ0n) is 57.9. The van der Waals surface area contributed by atoms with Gasteiger partial charge in [-0.05, 0) is 38.5 Å². The lowest BCUT2D eigenvalue weighted by atomic mass is 10.0. The van der Waals surface area contributed by atoms with E-state index in [0.29, 0.717) is 17.4 Å². The van der Waals surface area contributed by atoms with E-state index in [1.165, 1.54) is 340 Å². The standard InChI is InChI=1S/C75H148NO8P/c1-6-8-10-12-14-16-18-20-22-24-26-28-30-32-34-36-37-38-39-40-42-44-46-48-50-52-54-56-58-60-62-64-66-68-75(78)84-73(72-83-85(79,80)82-70-69-76(3,4)5)71-81-74(77)67-65-63-61-59-57-55-53-51-49-47-45-43-41-35-33-31-29-27-25-23-21-19-17-15-13-11-9-7-2/h24,26,73H,6-23,25,27-72H2,1-5H3/b26-24-. The second kappa shape index (κ2) is 67.2. The van der Waals surface area contributed by atoms with Crippen molar-refractivity contribution < 1.29 is 42.1 Å². The summed E-state index contributed by atoms with van der Waals surface area (Å²) in [5.74, 6) is -0.804. The number of esters is 2. The van der Waals surface area contributed by atoms with Crippen molar-refractivity contribution in [3.63, 3.8) is 0 Å². The van der Waals surface area contributed by atoms with Crippen LogP contribution in [-0.4, -0.2) is 70.0 Å². The zero-order chi connectivity index (χ0) is 61.9. The van der Waals surface area contributed by atoms with Gasteiger partial charge < -0.3 is 27.9 Å². The van der Waals surface area contributed by atoms with Gasteiger partial charge in [0.25, 0.3) is 7.82 Å². The molecule has 0 heterocycles. The number of carbonyl (C=O) groups is 2. The van der Waals surface area contributed by atoms with Gasteiger partial charge in [0, 0.05) is 12.8 Å². The third kappa shape index (κ3) is 71.7. The summed E-state index contributed by atoms with van der Waals surface area (Å²) < 4.78 is 34.4. The van der Waals surface area contributed by atoms with Gasteiger partial charge in [-0.3, -0.25) is 14.2 Å². The van der Waals surface area contributed by atoms with Crippen LogP contribution in [0.1, 0.15) is 406 Å². The third-order valence-corrected chi connectivity index (χ3v) is 18.5. The fourth-order valence-electron chi connectivity index (χ4n) is 11.7. The van der Waals surface area contributed by atoms with Crippen LogP contribution < -0.4 is 4.89 Å². The van der Waals surface area contributed by atoms with Crippen LogP contribution in [0, 0.1) is 0 Å². The molecule has 10 heteroatoms. The first-order valence-electron chi connectivity index (χ1n) is 37.9. The average Bonchev–Trinajstić information content (AvgIpc) is 3.54. The van der Waals surface area contributed by atoms with Gasteiger partial charge in [0.05, 0.1) is 27.7 Å². The molecule has 0 radical (unpaired) electrons. The highest BCUT2D eigenvalue weighted by Crippen LogP contribution is 2.38. The number of ether oxygens (including phenoxy) is 2. The maximum Gasteiger partial charge on any atom is 0.306 e. The van der Waals surface area contributed by atoms with E-state index < -0.39 is 26.5 Å². The van der Waals surface area contributed by atoms with E-state index in [1.807, 2.05) is 21.1 Å². The number of phosphoric acid groups is 1. The van der Waals surface area contributed by atoms with Crippen LogP contribution in [-0.2, 0) is 32.7 Å². The van der Waals surface area contributed by atoms with Crippen molar-refractivity contribution in [2.45, 2.75) is 412 Å². The first kappa shape index (κ1) is 83.8. The monoisotopic (exact) mass is 1220 g/mol. The number of hydrogen-bond acceptors (Lipinski definition) is 8. The lowest BCUT2D eigenvalue weighted by Gasteiger charge is -2.28. The molecule has 0 saturated carbocycles. The molecular formula is C75H148NO8P. The second-order valence-electron chi connectivity index (χ2n) is 27.4. The van der Waals surface area contributed by atoms with Crippen molar-refractivity contribution in [1.82, 2.24) is 0 Å². The van der Waals surface area contributed by atoms with Crippen molar-refractivity contribution in [3.05, 3.63) is 12.2 Å². The normalized spacial score (nSPS) is 13.1. The van der Waals surface area contributed by atoms with Gasteiger partial charge >= 0.3 is 11.9 Å². The van der Waals surface area contributed by atoms with E-state index in [1.54, 1.807) is 0 Å². The van der Waals surface area contributed by atoms with Crippen LogP contribution in [0.2, 0.25) is 0 Å². The Morgan fingerprint density at radius 1 is 0.353 bits per heavy atom. The van der Waals surface area contributed by atoms with Crippen LogP contribution in [0.5, 0.6) is 0 Å². The Balaban J connectivity index is 3.93. The Bertz CT molecular complexity index is 1440. The number of unbranched alkanes of at least 4 members (excludes halogenated alkanes) is 56. The van der Waals surface area contributed by atoms with Gasteiger partial charge in [-0.25, -0.2) is 0 Å². The molecule has 0 aromatic carbocycles. The summed E-state index contributed by atoms with van der Waals surface area (Å²) in [5, 5.41) is 0. The summed E-state index contributed by atoms with van der Waals surface area (Å²) in [6.45, 7) is 4.33. The van der Waals surface area contributed by atoms with Gasteiger partial charge in [0.15, 0.2) is 6.10 Å². The number of nitrogens with zero attached hydrogens (tertiary/aromatic N) is 1. The zero-order valence-corrected chi connectivity index (χ0v) is 58.7. The molecular weight excluding hydrogens is 1070 g/mol. The molecule has 0 rings (SSSR count). The van der Waals surface area contributed by atoms with Crippen LogP contribution >= 0.6 is 7.82 Å². The Kier molecular flexibility index (Phi) is 66.2. The Labute approximate surface area is 530 Å². The van der Waals surface area contributed by atoms with E-state index in [2.05, 4.69) is 26.0 Å². The summed E-state index contributed by atoms with van der Waals surface area (Å²) in [6, 6.07) is 0. The number of allylic oxidation sites excluding steroid dienone is 2. The molecule has 0 aromatic heterocycles. The first-order chi connectivity index (χ1) is 41.5. The van der Waals surface area contributed by atoms with Crippen molar-refractivity contribution in [2.75, 3.05) is 47.5 Å². The van der Waals surface area contributed by atoms with Crippen LogP contribution in [0.4, 0.5) is 0 Å². The Hall–Kier alpha value is -1.25. The minimum atomic E-state index is -4.64. The molecule has 2 atom stereocenters. The molecule has 0 bridgehead atoms. The number of quaternary nitrogens is 1. The molecule has 0 spiro atoms. The smallest absolute Gasteiger partial charge is 0.306 e. The maximum absolute atomic E-state index is 12.9. The fraction of sp³-hybridized carbons (Fsp3) is 0.947. The molecule has 0 fully saturated rings. The second-order valence-corrected chi connectivity index (χ2v) is 28.8. The number of likely N-dealkylation sites (N-methyl/N-ethyl adjacent to an activating group) is 1. The van der Waals surface area contributed by atoms with Gasteiger partial charge in [0.1, 0.15) is 19.8 Å². The maximum atomic E-state index is 12.9. The average molecular weight is 1220 g/mol. The number of phosphoric ester groups is 1. The number of rotatable bonds is 72. The molecule has 0 aliphatic carbocycles. The molecule has 506 valence electrons. The van der Waals surface area contributed by atoms with Crippen molar-refractivity contribution in [1.29, 1.82) is 0 Å². The fourth-order valence-corrected chi connectivity index (χ4v) is 12.4. The van der Waals surface area contributed by atoms with Crippen molar-refractivity contribution in [2.24, 2.45) is 0 Å². The molecule has 0 amide bonds. The number of carbonyl (C=O) groups excluding carboxylic acids is 2. The molecule has 9 nitrogen and oxygen atoms in total. The first-order valence-corrected chi connectivity index (χ1v) is 39.4. The van der Waals surface area contributed by atoms with Crippen LogP contribution in [0.3, 0.4) is 0 Å². The Morgan fingerprint density at radius 2 is 0.600 bits per heavy atom. The van der Waals surface area contributed by atoms with E-state index >= 15 is 0 Å². The molecule has 0 aliphatic rings. The Morgan fingerprint density at radius 3 is 0.871 bits per heavy atom. The minimum Gasteiger partial charge on any atom is -0.756 e. The third-order valence-electron chi connectivity index (χ3n) is 17.5. The molecule has 0 aliphatic heterocycles. The summed E-state index contributed by atoms with van der Waals surface area (Å²) in [4.78, 5) is 38.1. The molecule has 0 aromatic rings. The molecule has 85 heavy (non-hydrogen) atoms.